The van der Waals surface area contributed by atoms with E-state index >= 15 is 0 Å². The Morgan fingerprint density at radius 1 is 1.33 bits per heavy atom. The summed E-state index contributed by atoms with van der Waals surface area (Å²) in [5.41, 5.74) is 8.41. The largest absolute Gasteiger partial charge is 0.370 e. The summed E-state index contributed by atoms with van der Waals surface area (Å²) in [6, 6.07) is 6.60. The van der Waals surface area contributed by atoms with Gasteiger partial charge in [0.1, 0.15) is 0 Å². The summed E-state index contributed by atoms with van der Waals surface area (Å²) in [5.74, 6) is 1.60. The molecule has 1 fully saturated rings. The molecule has 1 aliphatic heterocycles. The molecule has 0 spiro atoms. The molecule has 1 aromatic carbocycles. The number of hydrogen-bond donors (Lipinski definition) is 1. The molecule has 18 heavy (non-hydrogen) atoms. The van der Waals surface area contributed by atoms with Crippen molar-refractivity contribution in [2.75, 3.05) is 18.0 Å². The Morgan fingerprint density at radius 3 is 2.56 bits per heavy atom. The van der Waals surface area contributed by atoms with Crippen LogP contribution in [0.4, 0.5) is 5.69 Å². The number of hydrogen-bond acceptors (Lipinski definition) is 2. The van der Waals surface area contributed by atoms with Gasteiger partial charge in [0.2, 0.25) is 0 Å². The Morgan fingerprint density at radius 2 is 2.06 bits per heavy atom. The van der Waals surface area contributed by atoms with Crippen LogP contribution in [0.2, 0.25) is 0 Å². The molecule has 0 bridgehead atoms. The first-order chi connectivity index (χ1) is 8.49. The van der Waals surface area contributed by atoms with Gasteiger partial charge in [-0.2, -0.15) is 0 Å². The fraction of sp³-hybridized carbons (Fsp3) is 0.600. The molecule has 0 amide bonds. The van der Waals surface area contributed by atoms with Gasteiger partial charge in [0, 0.05) is 23.6 Å². The van der Waals surface area contributed by atoms with E-state index in [-0.39, 0.29) is 6.04 Å². The first-order valence-electron chi connectivity index (χ1n) is 6.79. The van der Waals surface area contributed by atoms with Crippen LogP contribution in [-0.4, -0.2) is 13.1 Å². The van der Waals surface area contributed by atoms with Crippen LogP contribution in [0.5, 0.6) is 0 Å². The number of rotatable bonds is 3. The minimum Gasteiger partial charge on any atom is -0.370 e. The van der Waals surface area contributed by atoms with Crippen LogP contribution >= 0.6 is 15.9 Å². The monoisotopic (exact) mass is 310 g/mol. The summed E-state index contributed by atoms with van der Waals surface area (Å²) in [7, 11) is 0. The average Bonchev–Trinajstić information content (AvgIpc) is 2.78. The SMILES string of the molecule is CC(N)c1ccc(N2CCC(C(C)C)C2)c(Br)c1. The van der Waals surface area contributed by atoms with Crippen molar-refractivity contribution >= 4 is 21.6 Å². The molecule has 1 aromatic rings. The maximum atomic E-state index is 5.91. The number of benzene rings is 1. The lowest BCUT2D eigenvalue weighted by Crippen LogP contribution is -2.21. The molecule has 0 aliphatic carbocycles. The van der Waals surface area contributed by atoms with E-state index in [1.54, 1.807) is 0 Å². The smallest absolute Gasteiger partial charge is 0.0510 e. The Bertz CT molecular complexity index is 415. The van der Waals surface area contributed by atoms with Crippen molar-refractivity contribution in [2.24, 2.45) is 17.6 Å². The van der Waals surface area contributed by atoms with Gasteiger partial charge in [0.05, 0.1) is 5.69 Å². The van der Waals surface area contributed by atoms with Crippen molar-refractivity contribution in [3.05, 3.63) is 28.2 Å². The van der Waals surface area contributed by atoms with E-state index in [9.17, 15) is 0 Å². The van der Waals surface area contributed by atoms with E-state index in [4.69, 9.17) is 5.73 Å². The average molecular weight is 311 g/mol. The molecule has 100 valence electrons. The predicted molar refractivity (Wildman–Crippen MR) is 81.9 cm³/mol. The standard InChI is InChI=1S/C15H23BrN2/c1-10(2)13-6-7-18(9-13)15-5-4-12(11(3)17)8-14(15)16/h4-5,8,10-11,13H,6-7,9,17H2,1-3H3. The highest BCUT2D eigenvalue weighted by Gasteiger charge is 2.26. The normalized spacial score (nSPS) is 21.7. The van der Waals surface area contributed by atoms with Gasteiger partial charge in [-0.15, -0.1) is 0 Å². The van der Waals surface area contributed by atoms with Crippen molar-refractivity contribution in [3.8, 4) is 0 Å². The minimum absolute atomic E-state index is 0.0948. The van der Waals surface area contributed by atoms with E-state index in [2.05, 4.69) is 52.9 Å². The van der Waals surface area contributed by atoms with Gasteiger partial charge in [-0.05, 0) is 58.8 Å². The van der Waals surface area contributed by atoms with Gasteiger partial charge in [-0.1, -0.05) is 19.9 Å². The highest BCUT2D eigenvalue weighted by molar-refractivity contribution is 9.10. The molecule has 0 radical (unpaired) electrons. The third-order valence-corrected chi connectivity index (χ3v) is 4.64. The molecule has 0 aromatic heterocycles. The van der Waals surface area contributed by atoms with Crippen LogP contribution in [0, 0.1) is 11.8 Å². The molecule has 1 heterocycles. The lowest BCUT2D eigenvalue weighted by Gasteiger charge is -2.22. The molecule has 3 heteroatoms. The van der Waals surface area contributed by atoms with Crippen LogP contribution in [0.25, 0.3) is 0 Å². The Labute approximate surface area is 119 Å². The fourth-order valence-electron chi connectivity index (χ4n) is 2.61. The first kappa shape index (κ1) is 13.9. The molecular formula is C15H23BrN2. The summed E-state index contributed by atoms with van der Waals surface area (Å²) in [4.78, 5) is 2.49. The quantitative estimate of drug-likeness (QED) is 0.916. The van der Waals surface area contributed by atoms with Crippen molar-refractivity contribution in [2.45, 2.75) is 33.2 Å². The van der Waals surface area contributed by atoms with E-state index in [0.717, 1.165) is 11.8 Å². The Balaban J connectivity index is 2.15. The molecule has 2 unspecified atom stereocenters. The summed E-state index contributed by atoms with van der Waals surface area (Å²) >= 11 is 3.69. The van der Waals surface area contributed by atoms with Crippen LogP contribution in [-0.2, 0) is 0 Å². The van der Waals surface area contributed by atoms with Crippen molar-refractivity contribution in [1.82, 2.24) is 0 Å². The van der Waals surface area contributed by atoms with Gasteiger partial charge in [-0.3, -0.25) is 0 Å². The van der Waals surface area contributed by atoms with Gasteiger partial charge in [-0.25, -0.2) is 0 Å². The van der Waals surface area contributed by atoms with Gasteiger partial charge in [0.25, 0.3) is 0 Å². The zero-order valence-corrected chi connectivity index (χ0v) is 13.1. The predicted octanol–water partition coefficient (Wildman–Crippen LogP) is 3.95. The second kappa shape index (κ2) is 5.62. The Hall–Kier alpha value is -0.540. The van der Waals surface area contributed by atoms with E-state index < -0.39 is 0 Å². The van der Waals surface area contributed by atoms with Gasteiger partial charge in [0.15, 0.2) is 0 Å². The second-order valence-corrected chi connectivity index (χ2v) is 6.59. The highest BCUT2D eigenvalue weighted by Crippen LogP contribution is 2.34. The molecule has 1 saturated heterocycles. The third-order valence-electron chi connectivity index (χ3n) is 4.01. The maximum absolute atomic E-state index is 5.91. The number of nitrogens with two attached hydrogens (primary N) is 1. The molecule has 1 aliphatic rings. The van der Waals surface area contributed by atoms with Crippen LogP contribution in [0.15, 0.2) is 22.7 Å². The lowest BCUT2D eigenvalue weighted by atomic mass is 9.95. The summed E-state index contributed by atoms with van der Waals surface area (Å²) in [5, 5.41) is 0. The van der Waals surface area contributed by atoms with E-state index in [0.29, 0.717) is 0 Å². The number of anilines is 1. The molecule has 0 saturated carbocycles. The minimum atomic E-state index is 0.0948. The lowest BCUT2D eigenvalue weighted by molar-refractivity contribution is 0.423. The molecular weight excluding hydrogens is 288 g/mol. The van der Waals surface area contributed by atoms with E-state index in [1.165, 1.54) is 35.2 Å². The van der Waals surface area contributed by atoms with Crippen molar-refractivity contribution in [1.29, 1.82) is 0 Å². The zero-order chi connectivity index (χ0) is 13.3. The molecule has 2 atom stereocenters. The molecule has 2 N–H and O–H groups in total. The zero-order valence-electron chi connectivity index (χ0n) is 11.5. The number of nitrogens with zero attached hydrogens (tertiary/aromatic N) is 1. The van der Waals surface area contributed by atoms with Gasteiger partial charge >= 0.3 is 0 Å². The van der Waals surface area contributed by atoms with Crippen molar-refractivity contribution in [3.63, 3.8) is 0 Å². The first-order valence-corrected chi connectivity index (χ1v) is 7.58. The second-order valence-electron chi connectivity index (χ2n) is 5.74. The summed E-state index contributed by atoms with van der Waals surface area (Å²) in [6.07, 6.45) is 1.30. The third kappa shape index (κ3) is 2.89. The topological polar surface area (TPSA) is 29.3 Å². The number of halogens is 1. The fourth-order valence-corrected chi connectivity index (χ4v) is 3.26. The van der Waals surface area contributed by atoms with Crippen LogP contribution in [0.3, 0.4) is 0 Å². The van der Waals surface area contributed by atoms with Crippen LogP contribution in [0.1, 0.15) is 38.8 Å². The highest BCUT2D eigenvalue weighted by atomic mass is 79.9. The maximum Gasteiger partial charge on any atom is 0.0510 e. The van der Waals surface area contributed by atoms with E-state index in [1.807, 2.05) is 6.92 Å². The van der Waals surface area contributed by atoms with Crippen molar-refractivity contribution < 1.29 is 0 Å². The Kier molecular flexibility index (Phi) is 4.33. The van der Waals surface area contributed by atoms with Crippen LogP contribution < -0.4 is 10.6 Å². The summed E-state index contributed by atoms with van der Waals surface area (Å²) < 4.78 is 1.17. The molecule has 2 nitrogen and oxygen atoms in total. The van der Waals surface area contributed by atoms with Gasteiger partial charge < -0.3 is 10.6 Å². The molecule has 2 rings (SSSR count). The summed E-state index contributed by atoms with van der Waals surface area (Å²) in [6.45, 7) is 9.00.